The zero-order valence-electron chi connectivity index (χ0n) is 11.9. The van der Waals surface area contributed by atoms with Crippen molar-refractivity contribution in [3.8, 4) is 11.5 Å². The Labute approximate surface area is 123 Å². The Morgan fingerprint density at radius 2 is 1.74 bits per heavy atom. The molecule has 0 heterocycles. The van der Waals surface area contributed by atoms with Crippen molar-refractivity contribution >= 4 is 15.9 Å². The van der Waals surface area contributed by atoms with E-state index >= 15 is 0 Å². The molecule has 1 rings (SSSR count). The summed E-state index contributed by atoms with van der Waals surface area (Å²) in [6, 6.07) is 3.60. The molecule has 1 aromatic carbocycles. The van der Waals surface area contributed by atoms with Gasteiger partial charge in [0.2, 0.25) is 0 Å². The molecule has 0 spiro atoms. The molecule has 0 fully saturated rings. The van der Waals surface area contributed by atoms with Crippen LogP contribution in [0.4, 0.5) is 0 Å². The molecule has 0 unspecified atom stereocenters. The summed E-state index contributed by atoms with van der Waals surface area (Å²) in [5.41, 5.74) is 0.786. The monoisotopic (exact) mass is 331 g/mol. The van der Waals surface area contributed by atoms with E-state index < -0.39 is 6.10 Å². The maximum atomic E-state index is 10.2. The fraction of sp³-hybridized carbons (Fsp3) is 0.571. The third-order valence-corrected chi connectivity index (χ3v) is 3.44. The Kier molecular flexibility index (Phi) is 6.62. The Morgan fingerprint density at radius 1 is 1.16 bits per heavy atom. The van der Waals surface area contributed by atoms with Crippen molar-refractivity contribution in [2.75, 3.05) is 27.3 Å². The Morgan fingerprint density at radius 3 is 2.26 bits per heavy atom. The van der Waals surface area contributed by atoms with Gasteiger partial charge >= 0.3 is 0 Å². The summed E-state index contributed by atoms with van der Waals surface area (Å²) in [7, 11) is 3.17. The normalized spacial score (nSPS) is 12.6. The van der Waals surface area contributed by atoms with E-state index in [1.807, 2.05) is 0 Å². The van der Waals surface area contributed by atoms with E-state index in [1.165, 1.54) is 0 Å². The lowest BCUT2D eigenvalue weighted by Crippen LogP contribution is -2.25. The van der Waals surface area contributed by atoms with Crippen LogP contribution in [0.3, 0.4) is 0 Å². The third kappa shape index (κ3) is 4.67. The lowest BCUT2D eigenvalue weighted by atomic mass is 10.1. The quantitative estimate of drug-likeness (QED) is 0.806. The molecule has 5 heteroatoms. The fourth-order valence-corrected chi connectivity index (χ4v) is 2.33. The number of halogens is 1. The zero-order chi connectivity index (χ0) is 14.4. The molecule has 0 aliphatic rings. The van der Waals surface area contributed by atoms with Crippen LogP contribution in [-0.4, -0.2) is 32.4 Å². The number of aliphatic hydroxyl groups is 1. The van der Waals surface area contributed by atoms with Crippen LogP contribution in [0.25, 0.3) is 0 Å². The minimum atomic E-state index is -0.590. The van der Waals surface area contributed by atoms with Crippen LogP contribution in [0.5, 0.6) is 11.5 Å². The molecule has 0 bridgehead atoms. The van der Waals surface area contributed by atoms with E-state index in [0.29, 0.717) is 24.0 Å². The van der Waals surface area contributed by atoms with E-state index in [0.717, 1.165) is 16.6 Å². The van der Waals surface area contributed by atoms with Gasteiger partial charge in [-0.25, -0.2) is 0 Å². The fourth-order valence-electron chi connectivity index (χ4n) is 1.74. The first-order valence-corrected chi connectivity index (χ1v) is 7.09. The van der Waals surface area contributed by atoms with E-state index in [4.69, 9.17) is 9.47 Å². The van der Waals surface area contributed by atoms with Gasteiger partial charge in [0.05, 0.1) is 20.3 Å². The second-order valence-electron chi connectivity index (χ2n) is 4.80. The molecular weight excluding hydrogens is 310 g/mol. The van der Waals surface area contributed by atoms with Crippen LogP contribution in [0, 0.1) is 5.92 Å². The highest BCUT2D eigenvalue weighted by atomic mass is 79.9. The summed E-state index contributed by atoms with van der Waals surface area (Å²) in [4.78, 5) is 0. The van der Waals surface area contributed by atoms with Gasteiger partial charge < -0.3 is 19.9 Å². The van der Waals surface area contributed by atoms with E-state index in [-0.39, 0.29) is 0 Å². The molecule has 0 amide bonds. The second kappa shape index (κ2) is 7.72. The first-order chi connectivity index (χ1) is 8.99. The number of methoxy groups -OCH3 is 2. The Hall–Kier alpha value is -0.780. The molecule has 2 N–H and O–H groups in total. The van der Waals surface area contributed by atoms with Crippen molar-refractivity contribution in [1.29, 1.82) is 0 Å². The predicted octanol–water partition coefficient (Wildman–Crippen LogP) is 2.75. The van der Waals surface area contributed by atoms with Gasteiger partial charge in [0, 0.05) is 11.0 Å². The largest absolute Gasteiger partial charge is 0.493 e. The van der Waals surface area contributed by atoms with Crippen molar-refractivity contribution in [3.63, 3.8) is 0 Å². The predicted molar refractivity (Wildman–Crippen MR) is 79.9 cm³/mol. The maximum absolute atomic E-state index is 10.2. The van der Waals surface area contributed by atoms with Gasteiger partial charge in [-0.2, -0.15) is 0 Å². The Balaban J connectivity index is 2.81. The zero-order valence-corrected chi connectivity index (χ0v) is 13.5. The van der Waals surface area contributed by atoms with Crippen LogP contribution in [-0.2, 0) is 0 Å². The number of aliphatic hydroxyl groups excluding tert-OH is 1. The van der Waals surface area contributed by atoms with Crippen molar-refractivity contribution < 1.29 is 14.6 Å². The highest BCUT2D eigenvalue weighted by Gasteiger charge is 2.16. The smallest absolute Gasteiger partial charge is 0.161 e. The molecule has 0 radical (unpaired) electrons. The van der Waals surface area contributed by atoms with Crippen molar-refractivity contribution in [3.05, 3.63) is 22.2 Å². The van der Waals surface area contributed by atoms with Gasteiger partial charge in [0.1, 0.15) is 0 Å². The van der Waals surface area contributed by atoms with E-state index in [9.17, 15) is 5.11 Å². The molecule has 0 saturated heterocycles. The SMILES string of the molecule is COc1cc(Br)c([C@@H](O)CNCC(C)C)cc1OC. The second-order valence-corrected chi connectivity index (χ2v) is 5.65. The van der Waals surface area contributed by atoms with Gasteiger partial charge in [-0.1, -0.05) is 29.8 Å². The molecule has 0 aliphatic heterocycles. The molecule has 1 aromatic rings. The van der Waals surface area contributed by atoms with E-state index in [1.54, 1.807) is 26.4 Å². The average Bonchev–Trinajstić information content (AvgIpc) is 2.37. The van der Waals surface area contributed by atoms with Crippen LogP contribution in [0.2, 0.25) is 0 Å². The number of benzene rings is 1. The van der Waals surface area contributed by atoms with Gasteiger partial charge in [-0.05, 0) is 30.2 Å². The number of rotatable bonds is 7. The van der Waals surface area contributed by atoms with Crippen LogP contribution in [0.1, 0.15) is 25.5 Å². The van der Waals surface area contributed by atoms with Crippen LogP contribution in [0.15, 0.2) is 16.6 Å². The summed E-state index contributed by atoms with van der Waals surface area (Å²) < 4.78 is 11.3. The summed E-state index contributed by atoms with van der Waals surface area (Å²) in [6.45, 7) is 5.64. The minimum absolute atomic E-state index is 0.506. The molecule has 108 valence electrons. The van der Waals surface area contributed by atoms with Gasteiger partial charge in [0.15, 0.2) is 11.5 Å². The molecule has 1 atom stereocenters. The third-order valence-electron chi connectivity index (χ3n) is 2.75. The summed E-state index contributed by atoms with van der Waals surface area (Å²) in [6.07, 6.45) is -0.590. The molecule has 4 nitrogen and oxygen atoms in total. The van der Waals surface area contributed by atoms with Gasteiger partial charge in [-0.15, -0.1) is 0 Å². The molecular formula is C14H22BrNO3. The first-order valence-electron chi connectivity index (χ1n) is 6.29. The van der Waals surface area contributed by atoms with Crippen molar-refractivity contribution in [1.82, 2.24) is 5.32 Å². The first kappa shape index (κ1) is 16.3. The number of hydrogen-bond acceptors (Lipinski definition) is 4. The summed E-state index contributed by atoms with van der Waals surface area (Å²) in [5, 5.41) is 13.4. The summed E-state index contributed by atoms with van der Waals surface area (Å²) in [5.74, 6) is 1.81. The molecule has 0 aliphatic carbocycles. The highest BCUT2D eigenvalue weighted by Crippen LogP contribution is 2.35. The lowest BCUT2D eigenvalue weighted by Gasteiger charge is -2.17. The molecule has 0 aromatic heterocycles. The lowest BCUT2D eigenvalue weighted by molar-refractivity contribution is 0.172. The average molecular weight is 332 g/mol. The van der Waals surface area contributed by atoms with Gasteiger partial charge in [0.25, 0.3) is 0 Å². The molecule has 0 saturated carbocycles. The van der Waals surface area contributed by atoms with Crippen molar-refractivity contribution in [2.24, 2.45) is 5.92 Å². The highest BCUT2D eigenvalue weighted by molar-refractivity contribution is 9.10. The van der Waals surface area contributed by atoms with Crippen molar-refractivity contribution in [2.45, 2.75) is 20.0 Å². The maximum Gasteiger partial charge on any atom is 0.161 e. The van der Waals surface area contributed by atoms with E-state index in [2.05, 4.69) is 35.1 Å². The van der Waals surface area contributed by atoms with Crippen LogP contribution < -0.4 is 14.8 Å². The molecule has 19 heavy (non-hydrogen) atoms. The van der Waals surface area contributed by atoms with Gasteiger partial charge in [-0.3, -0.25) is 0 Å². The topological polar surface area (TPSA) is 50.7 Å². The standard InChI is InChI=1S/C14H22BrNO3/c1-9(2)7-16-8-12(17)10-5-13(18-3)14(19-4)6-11(10)15/h5-6,9,12,16-17H,7-8H2,1-4H3/t12-/m0/s1. The number of nitrogens with one attached hydrogen (secondary N) is 1. The number of hydrogen-bond donors (Lipinski definition) is 2. The van der Waals surface area contributed by atoms with Crippen LogP contribution >= 0.6 is 15.9 Å². The minimum Gasteiger partial charge on any atom is -0.493 e. The Bertz CT molecular complexity index is 410. The number of ether oxygens (including phenoxy) is 2. The summed E-state index contributed by atoms with van der Waals surface area (Å²) >= 11 is 3.45.